The van der Waals surface area contributed by atoms with Crippen molar-refractivity contribution in [3.05, 3.63) is 53.8 Å². The second-order valence-corrected chi connectivity index (χ2v) is 3.99. The minimum absolute atomic E-state index is 0. The van der Waals surface area contributed by atoms with Gasteiger partial charge in [-0.05, 0) is 18.2 Å². The highest BCUT2D eigenvalue weighted by molar-refractivity contribution is 6.32. The van der Waals surface area contributed by atoms with Gasteiger partial charge in [0.25, 0.3) is 0 Å². The summed E-state index contributed by atoms with van der Waals surface area (Å²) in [5.74, 6) is 0.917. The summed E-state index contributed by atoms with van der Waals surface area (Å²) in [6.07, 6.45) is 3.52. The highest BCUT2D eigenvalue weighted by Gasteiger charge is 2.03. The zero-order chi connectivity index (χ0) is 12.1. The van der Waals surface area contributed by atoms with Crippen molar-refractivity contribution in [1.82, 2.24) is 0 Å². The Bertz CT molecular complexity index is 506. The Morgan fingerprint density at radius 1 is 1.17 bits per heavy atom. The van der Waals surface area contributed by atoms with Crippen molar-refractivity contribution in [3.63, 3.8) is 0 Å². The molecule has 0 aliphatic heterocycles. The quantitative estimate of drug-likeness (QED) is 0.763. The summed E-state index contributed by atoms with van der Waals surface area (Å²) in [4.78, 5) is 0. The standard InChI is InChI=1S/C13H12ClNO2.ClH/c14-12-5-1-2-6-13(12)17-9-8-15-7-3-4-11(16)10-15;/h1-7,10H,8-9H2;1H. The lowest BCUT2D eigenvalue weighted by atomic mass is 10.3. The van der Waals surface area contributed by atoms with Crippen molar-refractivity contribution in [1.29, 1.82) is 0 Å². The predicted molar refractivity (Wildman–Crippen MR) is 65.2 cm³/mol. The average Bonchev–Trinajstić information content (AvgIpc) is 2.32. The lowest BCUT2D eigenvalue weighted by Crippen LogP contribution is -3.00. The van der Waals surface area contributed by atoms with Crippen LogP contribution < -0.4 is 21.7 Å². The van der Waals surface area contributed by atoms with Gasteiger partial charge in [-0.1, -0.05) is 23.7 Å². The molecular formula is C13H13Cl2NO2. The van der Waals surface area contributed by atoms with E-state index >= 15 is 0 Å². The molecule has 0 fully saturated rings. The fourth-order valence-electron chi connectivity index (χ4n) is 1.47. The van der Waals surface area contributed by atoms with Gasteiger partial charge in [-0.3, -0.25) is 0 Å². The van der Waals surface area contributed by atoms with Gasteiger partial charge in [0.15, 0.2) is 18.5 Å². The highest BCUT2D eigenvalue weighted by Crippen LogP contribution is 2.22. The molecule has 2 aromatic rings. The van der Waals surface area contributed by atoms with E-state index in [1.165, 1.54) is 0 Å². The zero-order valence-corrected chi connectivity index (χ0v) is 11.1. The largest absolute Gasteiger partial charge is 1.00 e. The molecule has 0 aliphatic rings. The maximum atomic E-state index is 9.29. The van der Waals surface area contributed by atoms with Crippen molar-refractivity contribution in [2.75, 3.05) is 6.61 Å². The third-order valence-corrected chi connectivity index (χ3v) is 2.60. The van der Waals surface area contributed by atoms with Gasteiger partial charge in [-0.15, -0.1) is 0 Å². The lowest BCUT2D eigenvalue weighted by molar-refractivity contribution is -0.697. The second-order valence-electron chi connectivity index (χ2n) is 3.58. The number of aromatic nitrogens is 1. The van der Waals surface area contributed by atoms with E-state index in [0.717, 1.165) is 0 Å². The third kappa shape index (κ3) is 4.09. The summed E-state index contributed by atoms with van der Waals surface area (Å²) in [7, 11) is 0. The molecule has 18 heavy (non-hydrogen) atoms. The molecule has 0 unspecified atom stereocenters. The summed E-state index contributed by atoms with van der Waals surface area (Å²) >= 11 is 5.96. The van der Waals surface area contributed by atoms with Crippen LogP contribution in [0.15, 0.2) is 48.8 Å². The molecule has 5 heteroatoms. The van der Waals surface area contributed by atoms with Crippen molar-refractivity contribution in [2.24, 2.45) is 0 Å². The number of pyridine rings is 1. The number of aromatic hydroxyl groups is 1. The normalized spacial score (nSPS) is 9.61. The average molecular weight is 286 g/mol. The van der Waals surface area contributed by atoms with Crippen LogP contribution in [0.25, 0.3) is 0 Å². The van der Waals surface area contributed by atoms with E-state index < -0.39 is 0 Å². The van der Waals surface area contributed by atoms with Gasteiger partial charge in [-0.25, -0.2) is 0 Å². The Balaban J connectivity index is 0.00000162. The van der Waals surface area contributed by atoms with Crippen LogP contribution in [0.3, 0.4) is 0 Å². The number of para-hydroxylation sites is 1. The first-order chi connectivity index (χ1) is 8.25. The molecule has 1 N–H and O–H groups in total. The number of hydrogen-bond acceptors (Lipinski definition) is 2. The third-order valence-electron chi connectivity index (χ3n) is 2.29. The van der Waals surface area contributed by atoms with Gasteiger partial charge in [0.05, 0.1) is 5.02 Å². The molecule has 1 heterocycles. The van der Waals surface area contributed by atoms with Crippen LogP contribution >= 0.6 is 11.6 Å². The number of halogens is 2. The molecule has 96 valence electrons. The Morgan fingerprint density at radius 3 is 2.67 bits per heavy atom. The maximum Gasteiger partial charge on any atom is 0.211 e. The van der Waals surface area contributed by atoms with Crippen LogP contribution in [0, 0.1) is 0 Å². The molecular weight excluding hydrogens is 273 g/mol. The first kappa shape index (κ1) is 14.6. The van der Waals surface area contributed by atoms with Gasteiger partial charge < -0.3 is 22.3 Å². The minimum Gasteiger partial charge on any atom is -1.00 e. The fraction of sp³-hybridized carbons (Fsp3) is 0.154. The molecule has 0 atom stereocenters. The Morgan fingerprint density at radius 2 is 1.94 bits per heavy atom. The van der Waals surface area contributed by atoms with Crippen LogP contribution in [0.5, 0.6) is 11.5 Å². The molecule has 2 rings (SSSR count). The predicted octanol–water partition coefficient (Wildman–Crippen LogP) is -0.584. The minimum atomic E-state index is 0. The first-order valence-electron chi connectivity index (χ1n) is 5.31. The van der Waals surface area contributed by atoms with E-state index in [0.29, 0.717) is 23.9 Å². The van der Waals surface area contributed by atoms with Crippen LogP contribution in [0.1, 0.15) is 0 Å². The molecule has 1 aromatic heterocycles. The Labute approximate surface area is 117 Å². The second kappa shape index (κ2) is 7.09. The molecule has 0 aliphatic carbocycles. The first-order valence-corrected chi connectivity index (χ1v) is 5.69. The number of hydrogen-bond donors (Lipinski definition) is 1. The van der Waals surface area contributed by atoms with Crippen LogP contribution in [-0.2, 0) is 6.54 Å². The lowest BCUT2D eigenvalue weighted by Gasteiger charge is -2.05. The van der Waals surface area contributed by atoms with Crippen molar-refractivity contribution in [2.45, 2.75) is 6.54 Å². The summed E-state index contributed by atoms with van der Waals surface area (Å²) in [5, 5.41) is 9.90. The number of ether oxygens (including phenoxy) is 1. The summed E-state index contributed by atoms with van der Waals surface area (Å²) in [6.45, 7) is 1.15. The van der Waals surface area contributed by atoms with Gasteiger partial charge in [0, 0.05) is 6.07 Å². The SMILES string of the molecule is Oc1ccc[n+](CCOc2ccccc2Cl)c1.[Cl-]. The molecule has 0 spiro atoms. The number of benzene rings is 1. The summed E-state index contributed by atoms with van der Waals surface area (Å²) in [6, 6.07) is 10.8. The van der Waals surface area contributed by atoms with Gasteiger partial charge in [0.2, 0.25) is 6.20 Å². The highest BCUT2D eigenvalue weighted by atomic mass is 35.5. The smallest absolute Gasteiger partial charge is 0.211 e. The monoisotopic (exact) mass is 285 g/mol. The van der Waals surface area contributed by atoms with Gasteiger partial charge in [0.1, 0.15) is 12.4 Å². The molecule has 1 aromatic carbocycles. The molecule has 0 saturated carbocycles. The van der Waals surface area contributed by atoms with Crippen molar-refractivity contribution in [3.8, 4) is 11.5 Å². The molecule has 0 bridgehead atoms. The molecule has 0 amide bonds. The van der Waals surface area contributed by atoms with Crippen LogP contribution in [0.4, 0.5) is 0 Å². The molecule has 0 saturated heterocycles. The number of nitrogens with zero attached hydrogens (tertiary/aromatic N) is 1. The van der Waals surface area contributed by atoms with E-state index in [1.54, 1.807) is 24.4 Å². The summed E-state index contributed by atoms with van der Waals surface area (Å²) < 4.78 is 7.40. The molecule has 0 radical (unpaired) electrons. The van der Waals surface area contributed by atoms with Crippen LogP contribution in [-0.4, -0.2) is 11.7 Å². The Hall–Kier alpha value is -1.45. The maximum absolute atomic E-state index is 9.29. The van der Waals surface area contributed by atoms with Crippen molar-refractivity contribution < 1.29 is 26.8 Å². The Kier molecular flexibility index (Phi) is 5.75. The van der Waals surface area contributed by atoms with E-state index in [1.807, 2.05) is 29.0 Å². The van der Waals surface area contributed by atoms with E-state index in [9.17, 15) is 5.11 Å². The summed E-state index contributed by atoms with van der Waals surface area (Å²) in [5.41, 5.74) is 0. The molecule has 3 nitrogen and oxygen atoms in total. The van der Waals surface area contributed by atoms with E-state index in [2.05, 4.69) is 0 Å². The van der Waals surface area contributed by atoms with E-state index in [-0.39, 0.29) is 18.2 Å². The van der Waals surface area contributed by atoms with Gasteiger partial charge >= 0.3 is 0 Å². The zero-order valence-electron chi connectivity index (χ0n) is 9.59. The number of rotatable bonds is 4. The van der Waals surface area contributed by atoms with Gasteiger partial charge in [-0.2, -0.15) is 4.57 Å². The van der Waals surface area contributed by atoms with Crippen molar-refractivity contribution >= 4 is 11.6 Å². The fourth-order valence-corrected chi connectivity index (χ4v) is 1.66. The van der Waals surface area contributed by atoms with E-state index in [4.69, 9.17) is 16.3 Å². The topological polar surface area (TPSA) is 33.3 Å². The van der Waals surface area contributed by atoms with Crippen LogP contribution in [0.2, 0.25) is 5.02 Å².